The van der Waals surface area contributed by atoms with Crippen molar-refractivity contribution in [1.82, 2.24) is 4.98 Å². The smallest absolute Gasteiger partial charge is 0.396 e. The Balaban J connectivity index is 3.12. The highest BCUT2D eigenvalue weighted by molar-refractivity contribution is 7.99. The van der Waals surface area contributed by atoms with Crippen LogP contribution in [0.2, 0.25) is 0 Å². The van der Waals surface area contributed by atoms with Gasteiger partial charge in [-0.3, -0.25) is 5.41 Å². The molecule has 0 saturated carbocycles. The van der Waals surface area contributed by atoms with E-state index in [1.807, 2.05) is 0 Å². The Hall–Kier alpha value is -1.28. The van der Waals surface area contributed by atoms with E-state index in [1.165, 1.54) is 0 Å². The van der Waals surface area contributed by atoms with E-state index in [-0.39, 0.29) is 28.3 Å². The Morgan fingerprint density at radius 3 is 2.63 bits per heavy atom. The lowest BCUT2D eigenvalue weighted by atomic mass is 10.2. The largest absolute Gasteiger partial charge is 0.433 e. The van der Waals surface area contributed by atoms with Crippen molar-refractivity contribution in [1.29, 1.82) is 5.41 Å². The average Bonchev–Trinajstić information content (AvgIpc) is 2.27. The van der Waals surface area contributed by atoms with E-state index in [9.17, 15) is 13.2 Å². The number of hydrogen-bond acceptors (Lipinski definition) is 4. The summed E-state index contributed by atoms with van der Waals surface area (Å²) < 4.78 is 37.8. The number of halogens is 3. The number of aliphatic hydroxyl groups is 1. The van der Waals surface area contributed by atoms with Crippen LogP contribution in [-0.2, 0) is 6.18 Å². The molecule has 1 rings (SSSR count). The number of rotatable bonds is 5. The van der Waals surface area contributed by atoms with E-state index in [0.29, 0.717) is 6.42 Å². The first-order chi connectivity index (χ1) is 8.75. The summed E-state index contributed by atoms with van der Waals surface area (Å²) in [7, 11) is 0. The molecule has 0 aromatic carbocycles. The number of thioether (sulfide) groups is 1. The number of alkyl halides is 3. The van der Waals surface area contributed by atoms with Crippen molar-refractivity contribution >= 4 is 17.6 Å². The van der Waals surface area contributed by atoms with Gasteiger partial charge in [-0.25, -0.2) is 4.98 Å². The fourth-order valence-corrected chi connectivity index (χ4v) is 2.38. The monoisotopic (exact) mass is 293 g/mol. The zero-order chi connectivity index (χ0) is 14.6. The third-order valence-corrected chi connectivity index (χ3v) is 3.46. The molecule has 0 aliphatic rings. The first-order valence-electron chi connectivity index (χ1n) is 5.46. The Morgan fingerprint density at radius 2 is 2.16 bits per heavy atom. The molecule has 0 aliphatic carbocycles. The van der Waals surface area contributed by atoms with Crippen LogP contribution in [0, 0.1) is 5.41 Å². The van der Waals surface area contributed by atoms with Crippen molar-refractivity contribution in [2.45, 2.75) is 29.8 Å². The SMILES string of the molecule is CC(CCO)Sc1nc(C(F)(F)F)ccc1C(=N)N. The number of aliphatic hydroxyl groups excluding tert-OH is 1. The minimum absolute atomic E-state index is 0.0586. The van der Waals surface area contributed by atoms with Gasteiger partial charge >= 0.3 is 6.18 Å². The molecular formula is C11H14F3N3OS. The molecule has 0 fully saturated rings. The maximum absolute atomic E-state index is 12.6. The summed E-state index contributed by atoms with van der Waals surface area (Å²) in [5, 5.41) is 16.1. The zero-order valence-electron chi connectivity index (χ0n) is 10.2. The Bertz CT molecular complexity index is 465. The van der Waals surface area contributed by atoms with Gasteiger partial charge in [0.15, 0.2) is 0 Å². The number of pyridine rings is 1. The van der Waals surface area contributed by atoms with Crippen molar-refractivity contribution < 1.29 is 18.3 Å². The second kappa shape index (κ2) is 6.25. The summed E-state index contributed by atoms with van der Waals surface area (Å²) in [6.45, 7) is 1.69. The first kappa shape index (κ1) is 15.8. The van der Waals surface area contributed by atoms with Crippen LogP contribution in [0.25, 0.3) is 0 Å². The van der Waals surface area contributed by atoms with E-state index in [4.69, 9.17) is 16.2 Å². The van der Waals surface area contributed by atoms with E-state index >= 15 is 0 Å². The number of nitrogen functional groups attached to an aromatic ring is 1. The minimum atomic E-state index is -4.54. The van der Waals surface area contributed by atoms with Crippen LogP contribution in [-0.4, -0.2) is 27.8 Å². The van der Waals surface area contributed by atoms with Crippen LogP contribution in [0.15, 0.2) is 17.2 Å². The molecule has 0 aliphatic heterocycles. The number of amidine groups is 1. The van der Waals surface area contributed by atoms with Gasteiger partial charge in [-0.1, -0.05) is 6.92 Å². The van der Waals surface area contributed by atoms with E-state index in [2.05, 4.69) is 4.98 Å². The zero-order valence-corrected chi connectivity index (χ0v) is 11.0. The molecule has 19 heavy (non-hydrogen) atoms. The fraction of sp³-hybridized carbons (Fsp3) is 0.455. The molecule has 4 nitrogen and oxygen atoms in total. The molecule has 1 aromatic heterocycles. The van der Waals surface area contributed by atoms with Crippen LogP contribution in [0.5, 0.6) is 0 Å². The lowest BCUT2D eigenvalue weighted by Gasteiger charge is -2.14. The fourth-order valence-electron chi connectivity index (χ4n) is 1.32. The van der Waals surface area contributed by atoms with Crippen LogP contribution in [0.4, 0.5) is 13.2 Å². The van der Waals surface area contributed by atoms with Gasteiger partial charge in [0.1, 0.15) is 16.6 Å². The minimum Gasteiger partial charge on any atom is -0.396 e. The molecule has 4 N–H and O–H groups in total. The van der Waals surface area contributed by atoms with Crippen molar-refractivity contribution in [2.75, 3.05) is 6.61 Å². The first-order valence-corrected chi connectivity index (χ1v) is 6.33. The van der Waals surface area contributed by atoms with E-state index in [1.54, 1.807) is 6.92 Å². The number of nitrogens with zero attached hydrogens (tertiary/aromatic N) is 1. The quantitative estimate of drug-likeness (QED) is 0.442. The summed E-state index contributed by atoms with van der Waals surface area (Å²) in [6.07, 6.45) is -4.12. The molecule has 1 aromatic rings. The lowest BCUT2D eigenvalue weighted by molar-refractivity contribution is -0.141. The second-order valence-electron chi connectivity index (χ2n) is 3.90. The highest BCUT2D eigenvalue weighted by atomic mass is 32.2. The van der Waals surface area contributed by atoms with Crippen LogP contribution in [0.1, 0.15) is 24.6 Å². The normalized spacial score (nSPS) is 13.3. The van der Waals surface area contributed by atoms with E-state index < -0.39 is 11.9 Å². The molecule has 0 saturated heterocycles. The van der Waals surface area contributed by atoms with Gasteiger partial charge in [0.05, 0.1) is 0 Å². The van der Waals surface area contributed by atoms with Crippen LogP contribution >= 0.6 is 11.8 Å². The molecule has 1 atom stereocenters. The third kappa shape index (κ3) is 4.39. The predicted octanol–water partition coefficient (Wildman–Crippen LogP) is 2.25. The van der Waals surface area contributed by atoms with Crippen LogP contribution in [0.3, 0.4) is 0 Å². The summed E-state index contributed by atoms with van der Waals surface area (Å²) in [5.41, 5.74) is 4.47. The molecule has 106 valence electrons. The molecule has 0 radical (unpaired) electrons. The molecule has 8 heteroatoms. The third-order valence-electron chi connectivity index (χ3n) is 2.29. The van der Waals surface area contributed by atoms with Gasteiger partial charge in [0.25, 0.3) is 0 Å². The highest BCUT2D eigenvalue weighted by Crippen LogP contribution is 2.32. The van der Waals surface area contributed by atoms with Gasteiger partial charge < -0.3 is 10.8 Å². The lowest BCUT2D eigenvalue weighted by Crippen LogP contribution is -2.17. The van der Waals surface area contributed by atoms with Crippen molar-refractivity contribution in [3.05, 3.63) is 23.4 Å². The summed E-state index contributed by atoms with van der Waals surface area (Å²) in [4.78, 5) is 3.52. The predicted molar refractivity (Wildman–Crippen MR) is 67.3 cm³/mol. The van der Waals surface area contributed by atoms with Crippen LogP contribution < -0.4 is 5.73 Å². The number of aromatic nitrogens is 1. The Morgan fingerprint density at radius 1 is 1.53 bits per heavy atom. The topological polar surface area (TPSA) is 83.0 Å². The van der Waals surface area contributed by atoms with Gasteiger partial charge in [-0.15, -0.1) is 11.8 Å². The number of hydrogen-bond donors (Lipinski definition) is 3. The second-order valence-corrected chi connectivity index (χ2v) is 5.33. The molecule has 0 spiro atoms. The van der Waals surface area contributed by atoms with E-state index in [0.717, 1.165) is 23.9 Å². The molecule has 0 bridgehead atoms. The van der Waals surface area contributed by atoms with Crippen molar-refractivity contribution in [2.24, 2.45) is 5.73 Å². The van der Waals surface area contributed by atoms with Crippen molar-refractivity contribution in [3.8, 4) is 0 Å². The summed E-state index contributed by atoms with van der Waals surface area (Å²) >= 11 is 1.06. The van der Waals surface area contributed by atoms with Gasteiger partial charge in [-0.2, -0.15) is 13.2 Å². The Labute approximate surface area is 112 Å². The molecule has 0 amide bonds. The van der Waals surface area contributed by atoms with Crippen molar-refractivity contribution in [3.63, 3.8) is 0 Å². The van der Waals surface area contributed by atoms with Gasteiger partial charge in [0.2, 0.25) is 0 Å². The molecule has 1 unspecified atom stereocenters. The molecular weight excluding hydrogens is 279 g/mol. The number of nitrogens with one attached hydrogen (secondary N) is 1. The number of nitrogens with two attached hydrogens (primary N) is 1. The van der Waals surface area contributed by atoms with Gasteiger partial charge in [0, 0.05) is 17.4 Å². The maximum Gasteiger partial charge on any atom is 0.433 e. The standard InChI is InChI=1S/C11H14F3N3OS/c1-6(4-5-18)19-10-7(9(15)16)2-3-8(17-10)11(12,13)14/h2-3,6,18H,4-5H2,1H3,(H3,15,16). The van der Waals surface area contributed by atoms with Gasteiger partial charge in [-0.05, 0) is 18.6 Å². The molecule has 1 heterocycles. The summed E-state index contributed by atoms with van der Waals surface area (Å²) in [5.74, 6) is -0.333. The highest BCUT2D eigenvalue weighted by Gasteiger charge is 2.33. The maximum atomic E-state index is 12.6. The average molecular weight is 293 g/mol. The summed E-state index contributed by atoms with van der Waals surface area (Å²) in [6, 6.07) is 1.95. The Kier molecular flexibility index (Phi) is 5.19.